The van der Waals surface area contributed by atoms with Gasteiger partial charge in [-0.05, 0) is 39.5 Å². The van der Waals surface area contributed by atoms with Crippen molar-refractivity contribution in [2.24, 2.45) is 0 Å². The number of amides is 1. The number of fused-ring (bicyclic) bond motifs is 1. The third-order valence-corrected chi connectivity index (χ3v) is 4.24. The van der Waals surface area contributed by atoms with Gasteiger partial charge in [-0.3, -0.25) is 9.59 Å². The second-order valence-electron chi connectivity index (χ2n) is 6.96. The van der Waals surface area contributed by atoms with Crippen molar-refractivity contribution < 1.29 is 24.6 Å². The first-order valence-electron chi connectivity index (χ1n) is 9.70. The van der Waals surface area contributed by atoms with Gasteiger partial charge in [-0.1, -0.05) is 31.5 Å². The van der Waals surface area contributed by atoms with Gasteiger partial charge in [-0.15, -0.1) is 0 Å². The molecule has 0 fully saturated rings. The molecule has 1 heterocycles. The lowest BCUT2D eigenvalue weighted by atomic mass is 10.1. The number of carbonyl (C=O) groups excluding carboxylic acids is 1. The molecule has 2 rings (SSSR count). The van der Waals surface area contributed by atoms with E-state index in [0.717, 1.165) is 31.2 Å². The molecule has 0 unspecified atom stereocenters. The van der Waals surface area contributed by atoms with Crippen LogP contribution in [0.2, 0.25) is 0 Å². The number of benzene rings is 1. The topological polar surface area (TPSA) is 129 Å². The lowest BCUT2D eigenvalue weighted by Crippen LogP contribution is -2.29. The van der Waals surface area contributed by atoms with Crippen LogP contribution in [-0.4, -0.2) is 64.7 Å². The average molecular weight is 419 g/mol. The maximum atomic E-state index is 12.7. The zero-order chi connectivity index (χ0) is 22.7. The number of nitrogens with zero attached hydrogens (tertiary/aromatic N) is 2. The number of hydrogen-bond donors (Lipinski definition) is 3. The van der Waals surface area contributed by atoms with Gasteiger partial charge in [0, 0.05) is 30.1 Å². The Labute approximate surface area is 174 Å². The number of carboxylic acids is 2. The molecule has 3 N–H and O–H groups in total. The highest BCUT2D eigenvalue weighted by molar-refractivity contribution is 6.27. The van der Waals surface area contributed by atoms with Crippen molar-refractivity contribution in [2.45, 2.75) is 32.7 Å². The van der Waals surface area contributed by atoms with Crippen LogP contribution in [0, 0.1) is 0 Å². The van der Waals surface area contributed by atoms with E-state index in [9.17, 15) is 9.59 Å². The monoisotopic (exact) mass is 419 g/mol. The molecule has 0 radical (unpaired) electrons. The summed E-state index contributed by atoms with van der Waals surface area (Å²) >= 11 is 0. The standard InChI is InChI=1S/C19H27N3O2.C2H2O4/c1-4-5-11-20-18(23)17-14-22(13-8-12-21(2)3)19(24)16-10-7-6-9-15(16)17;3-1(4)2(5)6/h6-7,9-10,14H,4-5,8,11-13H2,1-3H3,(H,20,23);(H,3,4)(H,5,6). The van der Waals surface area contributed by atoms with Crippen LogP contribution in [0.15, 0.2) is 35.3 Å². The molecule has 164 valence electrons. The van der Waals surface area contributed by atoms with E-state index in [2.05, 4.69) is 17.1 Å². The Hall–Kier alpha value is -3.20. The third kappa shape index (κ3) is 7.67. The fraction of sp³-hybridized carbons (Fsp3) is 0.429. The number of aliphatic carboxylic acids is 2. The molecule has 2 aromatic rings. The van der Waals surface area contributed by atoms with Gasteiger partial charge in [0.2, 0.25) is 0 Å². The van der Waals surface area contributed by atoms with Gasteiger partial charge in [0.25, 0.3) is 11.5 Å². The Kier molecular flexibility index (Phi) is 10.3. The molecule has 9 heteroatoms. The SMILES string of the molecule is CCCCNC(=O)c1cn(CCCN(C)C)c(=O)c2ccccc12.O=C(O)C(=O)O. The number of carbonyl (C=O) groups is 3. The summed E-state index contributed by atoms with van der Waals surface area (Å²) in [5.74, 6) is -3.76. The van der Waals surface area contributed by atoms with Crippen LogP contribution in [-0.2, 0) is 16.1 Å². The molecule has 0 spiro atoms. The lowest BCUT2D eigenvalue weighted by molar-refractivity contribution is -0.159. The van der Waals surface area contributed by atoms with Gasteiger partial charge in [0.1, 0.15) is 0 Å². The minimum absolute atomic E-state index is 0.0329. The molecule has 9 nitrogen and oxygen atoms in total. The predicted molar refractivity (Wildman–Crippen MR) is 114 cm³/mol. The van der Waals surface area contributed by atoms with E-state index in [4.69, 9.17) is 19.8 Å². The highest BCUT2D eigenvalue weighted by Crippen LogP contribution is 2.15. The molecule has 0 aliphatic carbocycles. The molecular weight excluding hydrogens is 390 g/mol. The maximum Gasteiger partial charge on any atom is 0.414 e. The van der Waals surface area contributed by atoms with E-state index in [0.29, 0.717) is 24.0 Å². The number of aromatic nitrogens is 1. The van der Waals surface area contributed by atoms with Crippen LogP contribution >= 0.6 is 0 Å². The van der Waals surface area contributed by atoms with E-state index in [1.54, 1.807) is 16.8 Å². The minimum Gasteiger partial charge on any atom is -0.473 e. The molecule has 1 aromatic carbocycles. The second-order valence-corrected chi connectivity index (χ2v) is 6.96. The number of rotatable bonds is 8. The predicted octanol–water partition coefficient (Wildman–Crippen LogP) is 1.64. The minimum atomic E-state index is -1.82. The Morgan fingerprint density at radius 1 is 1.03 bits per heavy atom. The number of nitrogens with one attached hydrogen (secondary N) is 1. The number of hydrogen-bond acceptors (Lipinski definition) is 5. The van der Waals surface area contributed by atoms with Crippen molar-refractivity contribution in [3.63, 3.8) is 0 Å². The summed E-state index contributed by atoms with van der Waals surface area (Å²) in [7, 11) is 4.02. The maximum absolute atomic E-state index is 12.7. The van der Waals surface area contributed by atoms with Crippen molar-refractivity contribution in [3.8, 4) is 0 Å². The van der Waals surface area contributed by atoms with E-state index in [1.807, 2.05) is 32.3 Å². The summed E-state index contributed by atoms with van der Waals surface area (Å²) < 4.78 is 1.67. The molecule has 0 saturated heterocycles. The van der Waals surface area contributed by atoms with Crippen LogP contribution < -0.4 is 10.9 Å². The lowest BCUT2D eigenvalue weighted by Gasteiger charge is -2.14. The number of carboxylic acid groups (broad SMARTS) is 2. The van der Waals surface area contributed by atoms with E-state index in [-0.39, 0.29) is 11.5 Å². The number of pyridine rings is 1. The van der Waals surface area contributed by atoms with Crippen molar-refractivity contribution in [1.82, 2.24) is 14.8 Å². The first-order valence-corrected chi connectivity index (χ1v) is 9.70. The molecule has 30 heavy (non-hydrogen) atoms. The molecular formula is C21H29N3O6. The van der Waals surface area contributed by atoms with Gasteiger partial charge in [-0.2, -0.15) is 0 Å². The van der Waals surface area contributed by atoms with Crippen LogP contribution in [0.4, 0.5) is 0 Å². The first-order chi connectivity index (χ1) is 14.2. The van der Waals surface area contributed by atoms with Crippen LogP contribution in [0.3, 0.4) is 0 Å². The van der Waals surface area contributed by atoms with E-state index in [1.165, 1.54) is 0 Å². The number of unbranched alkanes of at least 4 members (excludes halogenated alkanes) is 1. The fourth-order valence-corrected chi connectivity index (χ4v) is 2.72. The molecule has 1 aromatic heterocycles. The summed E-state index contributed by atoms with van der Waals surface area (Å²) in [6.45, 7) is 4.25. The Morgan fingerprint density at radius 2 is 1.63 bits per heavy atom. The summed E-state index contributed by atoms with van der Waals surface area (Å²) in [6, 6.07) is 7.34. The zero-order valence-corrected chi connectivity index (χ0v) is 17.6. The summed E-state index contributed by atoms with van der Waals surface area (Å²) in [6.07, 6.45) is 4.56. The molecule has 0 saturated carbocycles. The zero-order valence-electron chi connectivity index (χ0n) is 17.6. The summed E-state index contributed by atoms with van der Waals surface area (Å²) in [5.41, 5.74) is 0.542. The van der Waals surface area contributed by atoms with Crippen molar-refractivity contribution in [2.75, 3.05) is 27.2 Å². The van der Waals surface area contributed by atoms with E-state index < -0.39 is 11.9 Å². The van der Waals surface area contributed by atoms with E-state index >= 15 is 0 Å². The number of aryl methyl sites for hydroxylation is 1. The Morgan fingerprint density at radius 3 is 2.17 bits per heavy atom. The Balaban J connectivity index is 0.000000656. The molecule has 0 aliphatic rings. The largest absolute Gasteiger partial charge is 0.473 e. The van der Waals surface area contributed by atoms with Crippen LogP contribution in [0.5, 0.6) is 0 Å². The summed E-state index contributed by atoms with van der Waals surface area (Å²) in [5, 5.41) is 19.1. The fourth-order valence-electron chi connectivity index (χ4n) is 2.72. The quantitative estimate of drug-likeness (QED) is 0.438. The van der Waals surface area contributed by atoms with Crippen LogP contribution in [0.25, 0.3) is 10.8 Å². The van der Waals surface area contributed by atoms with Gasteiger partial charge >= 0.3 is 11.9 Å². The molecule has 0 atom stereocenters. The molecule has 0 bridgehead atoms. The Bertz CT molecular complexity index is 924. The third-order valence-electron chi connectivity index (χ3n) is 4.24. The highest BCUT2D eigenvalue weighted by atomic mass is 16.4. The van der Waals surface area contributed by atoms with Crippen molar-refractivity contribution in [1.29, 1.82) is 0 Å². The van der Waals surface area contributed by atoms with Gasteiger partial charge in [-0.25, -0.2) is 9.59 Å². The van der Waals surface area contributed by atoms with Crippen molar-refractivity contribution in [3.05, 3.63) is 46.4 Å². The smallest absolute Gasteiger partial charge is 0.414 e. The normalized spacial score (nSPS) is 10.4. The molecule has 0 aliphatic heterocycles. The first kappa shape index (κ1) is 24.8. The second kappa shape index (κ2) is 12.4. The molecule has 1 amide bonds. The summed E-state index contributed by atoms with van der Waals surface area (Å²) in [4.78, 5) is 45.5. The van der Waals surface area contributed by atoms with Crippen LogP contribution in [0.1, 0.15) is 36.5 Å². The van der Waals surface area contributed by atoms with Gasteiger partial charge in [0.05, 0.1) is 5.56 Å². The average Bonchev–Trinajstić information content (AvgIpc) is 2.70. The highest BCUT2D eigenvalue weighted by Gasteiger charge is 2.14. The van der Waals surface area contributed by atoms with Gasteiger partial charge in [0.15, 0.2) is 0 Å². The van der Waals surface area contributed by atoms with Crippen molar-refractivity contribution >= 4 is 28.6 Å². The van der Waals surface area contributed by atoms with Gasteiger partial charge < -0.3 is 25.0 Å².